The number of nitrogens with zero attached hydrogens (tertiary/aromatic N) is 2. The fraction of sp³-hybridized carbons (Fsp3) is 0.200. The summed E-state index contributed by atoms with van der Waals surface area (Å²) in [6.07, 6.45) is 0. The maximum Gasteiger partial charge on any atom is 0.323 e. The highest BCUT2D eigenvalue weighted by molar-refractivity contribution is 6.29. The topological polar surface area (TPSA) is 114 Å². The van der Waals surface area contributed by atoms with Crippen LogP contribution < -0.4 is 5.73 Å². The minimum atomic E-state index is -1.26. The molecule has 0 aliphatic rings. The Labute approximate surface area is 107 Å². The van der Waals surface area contributed by atoms with Gasteiger partial charge in [0.05, 0.1) is 0 Å². The molecule has 0 aliphatic carbocycles. The summed E-state index contributed by atoms with van der Waals surface area (Å²) in [4.78, 5) is 37.8. The predicted molar refractivity (Wildman–Crippen MR) is 62.0 cm³/mol. The summed E-state index contributed by atoms with van der Waals surface area (Å²) >= 11 is 5.62. The molecule has 2 amide bonds. The molecule has 3 N–H and O–H groups in total. The Morgan fingerprint density at radius 2 is 2.00 bits per heavy atom. The Hall–Kier alpha value is -2.15. The Bertz CT molecular complexity index is 476. The van der Waals surface area contributed by atoms with E-state index >= 15 is 0 Å². The maximum atomic E-state index is 11.9. The van der Waals surface area contributed by atoms with Gasteiger partial charge in [0.25, 0.3) is 5.91 Å². The molecule has 96 valence electrons. The van der Waals surface area contributed by atoms with E-state index in [1.165, 1.54) is 18.2 Å². The van der Waals surface area contributed by atoms with Crippen LogP contribution in [-0.2, 0) is 9.59 Å². The molecule has 0 fully saturated rings. The lowest BCUT2D eigenvalue weighted by molar-refractivity contribution is -0.138. The summed E-state index contributed by atoms with van der Waals surface area (Å²) in [6, 6.07) is 4.32. The smallest absolute Gasteiger partial charge is 0.323 e. The first-order chi connectivity index (χ1) is 8.40. The summed E-state index contributed by atoms with van der Waals surface area (Å²) in [5.74, 6) is -2.79. The van der Waals surface area contributed by atoms with Gasteiger partial charge >= 0.3 is 5.97 Å². The molecule has 8 heteroatoms. The van der Waals surface area contributed by atoms with Crippen LogP contribution >= 0.6 is 11.6 Å². The van der Waals surface area contributed by atoms with Crippen LogP contribution in [0.4, 0.5) is 0 Å². The molecule has 7 nitrogen and oxygen atoms in total. The number of nitrogens with two attached hydrogens (primary N) is 1. The van der Waals surface area contributed by atoms with E-state index in [1.807, 2.05) is 0 Å². The van der Waals surface area contributed by atoms with Crippen molar-refractivity contribution in [2.45, 2.75) is 0 Å². The zero-order chi connectivity index (χ0) is 13.7. The van der Waals surface area contributed by atoms with Crippen LogP contribution in [0.1, 0.15) is 10.5 Å². The van der Waals surface area contributed by atoms with Gasteiger partial charge in [0.2, 0.25) is 5.91 Å². The van der Waals surface area contributed by atoms with Crippen LogP contribution in [0.5, 0.6) is 0 Å². The second-order valence-electron chi connectivity index (χ2n) is 3.37. The number of rotatable bonds is 5. The largest absolute Gasteiger partial charge is 0.480 e. The number of amides is 2. The van der Waals surface area contributed by atoms with Crippen molar-refractivity contribution < 1.29 is 19.5 Å². The van der Waals surface area contributed by atoms with Gasteiger partial charge in [-0.15, -0.1) is 0 Å². The lowest BCUT2D eigenvalue weighted by atomic mass is 10.3. The lowest BCUT2D eigenvalue weighted by Gasteiger charge is -2.18. The number of carbonyl (C=O) groups excluding carboxylic acids is 2. The van der Waals surface area contributed by atoms with E-state index in [4.69, 9.17) is 22.4 Å². The van der Waals surface area contributed by atoms with Crippen molar-refractivity contribution in [2.24, 2.45) is 5.73 Å². The van der Waals surface area contributed by atoms with E-state index in [0.29, 0.717) is 0 Å². The van der Waals surface area contributed by atoms with E-state index < -0.39 is 30.9 Å². The van der Waals surface area contributed by atoms with E-state index in [0.717, 1.165) is 4.90 Å². The maximum absolute atomic E-state index is 11.9. The van der Waals surface area contributed by atoms with E-state index in [1.54, 1.807) is 0 Å². The van der Waals surface area contributed by atoms with Crippen LogP contribution in [0.2, 0.25) is 5.15 Å². The lowest BCUT2D eigenvalue weighted by Crippen LogP contribution is -2.41. The highest BCUT2D eigenvalue weighted by Gasteiger charge is 2.21. The van der Waals surface area contributed by atoms with Crippen LogP contribution in [0.15, 0.2) is 18.2 Å². The van der Waals surface area contributed by atoms with E-state index in [-0.39, 0.29) is 10.8 Å². The van der Waals surface area contributed by atoms with Gasteiger partial charge < -0.3 is 15.7 Å². The molecule has 0 saturated carbocycles. The SMILES string of the molecule is NC(=O)CN(CC(=O)O)C(=O)c1cccc(Cl)n1. The van der Waals surface area contributed by atoms with Crippen molar-refractivity contribution in [3.8, 4) is 0 Å². The third-order valence-electron chi connectivity index (χ3n) is 1.89. The van der Waals surface area contributed by atoms with Gasteiger partial charge in [-0.1, -0.05) is 17.7 Å². The molecular weight excluding hydrogens is 262 g/mol. The van der Waals surface area contributed by atoms with Crippen LogP contribution in [-0.4, -0.2) is 45.9 Å². The molecule has 0 atom stereocenters. The van der Waals surface area contributed by atoms with Crippen molar-refractivity contribution in [2.75, 3.05) is 13.1 Å². The van der Waals surface area contributed by atoms with Crippen molar-refractivity contribution >= 4 is 29.4 Å². The third kappa shape index (κ3) is 4.02. The van der Waals surface area contributed by atoms with Gasteiger partial charge in [0, 0.05) is 0 Å². The normalized spacial score (nSPS) is 9.83. The number of primary amides is 1. The number of carboxylic acid groups (broad SMARTS) is 1. The molecular formula is C10H10ClN3O4. The monoisotopic (exact) mass is 271 g/mol. The Morgan fingerprint density at radius 3 is 2.50 bits per heavy atom. The van der Waals surface area contributed by atoms with Crippen LogP contribution in [0, 0.1) is 0 Å². The van der Waals surface area contributed by atoms with Crippen molar-refractivity contribution in [3.63, 3.8) is 0 Å². The number of aromatic nitrogens is 1. The van der Waals surface area contributed by atoms with Crippen molar-refractivity contribution in [1.29, 1.82) is 0 Å². The first-order valence-electron chi connectivity index (χ1n) is 4.82. The molecule has 0 saturated heterocycles. The molecule has 0 aromatic carbocycles. The van der Waals surface area contributed by atoms with Crippen molar-refractivity contribution in [3.05, 3.63) is 29.0 Å². The molecule has 0 radical (unpaired) electrons. The first-order valence-corrected chi connectivity index (χ1v) is 5.20. The fourth-order valence-corrected chi connectivity index (χ4v) is 1.40. The Kier molecular flexibility index (Phi) is 4.61. The summed E-state index contributed by atoms with van der Waals surface area (Å²) in [6.45, 7) is -1.14. The summed E-state index contributed by atoms with van der Waals surface area (Å²) in [7, 11) is 0. The minimum absolute atomic E-state index is 0.0509. The van der Waals surface area contributed by atoms with Gasteiger partial charge in [-0.3, -0.25) is 14.4 Å². The van der Waals surface area contributed by atoms with Crippen LogP contribution in [0.25, 0.3) is 0 Å². The summed E-state index contributed by atoms with van der Waals surface area (Å²) in [5, 5.41) is 8.75. The molecule has 0 aliphatic heterocycles. The number of pyridine rings is 1. The molecule has 18 heavy (non-hydrogen) atoms. The molecule has 1 heterocycles. The number of aliphatic carboxylic acids is 1. The van der Waals surface area contributed by atoms with Gasteiger partial charge in [0.1, 0.15) is 23.9 Å². The van der Waals surface area contributed by atoms with E-state index in [2.05, 4.69) is 4.98 Å². The number of halogens is 1. The second kappa shape index (κ2) is 5.97. The zero-order valence-electron chi connectivity index (χ0n) is 9.17. The standard InChI is InChI=1S/C10H10ClN3O4/c11-7-3-1-2-6(13-7)10(18)14(4-8(12)15)5-9(16)17/h1-3H,4-5H2,(H2,12,15)(H,16,17). The van der Waals surface area contributed by atoms with Crippen LogP contribution in [0.3, 0.4) is 0 Å². The fourth-order valence-electron chi connectivity index (χ4n) is 1.24. The quantitative estimate of drug-likeness (QED) is 0.717. The molecule has 0 bridgehead atoms. The first kappa shape index (κ1) is 13.9. The number of carbonyl (C=O) groups is 3. The summed E-state index contributed by atoms with van der Waals surface area (Å²) in [5.41, 5.74) is 4.89. The molecule has 1 aromatic heterocycles. The average Bonchev–Trinajstić information content (AvgIpc) is 2.26. The van der Waals surface area contributed by atoms with Gasteiger partial charge in [-0.25, -0.2) is 4.98 Å². The highest BCUT2D eigenvalue weighted by atomic mass is 35.5. The minimum Gasteiger partial charge on any atom is -0.480 e. The molecule has 0 spiro atoms. The third-order valence-corrected chi connectivity index (χ3v) is 2.10. The Balaban J connectivity index is 2.94. The predicted octanol–water partition coefficient (Wildman–Crippen LogP) is -0.253. The Morgan fingerprint density at radius 1 is 1.33 bits per heavy atom. The second-order valence-corrected chi connectivity index (χ2v) is 3.75. The number of hydrogen-bond acceptors (Lipinski definition) is 4. The highest BCUT2D eigenvalue weighted by Crippen LogP contribution is 2.07. The van der Waals surface area contributed by atoms with Gasteiger partial charge in [-0.2, -0.15) is 0 Å². The number of hydrogen-bond donors (Lipinski definition) is 2. The average molecular weight is 272 g/mol. The van der Waals surface area contributed by atoms with Gasteiger partial charge in [-0.05, 0) is 12.1 Å². The summed E-state index contributed by atoms with van der Waals surface area (Å²) < 4.78 is 0. The van der Waals surface area contributed by atoms with Crippen molar-refractivity contribution in [1.82, 2.24) is 9.88 Å². The molecule has 1 aromatic rings. The number of carboxylic acids is 1. The van der Waals surface area contributed by atoms with Gasteiger partial charge in [0.15, 0.2) is 0 Å². The zero-order valence-corrected chi connectivity index (χ0v) is 9.92. The van der Waals surface area contributed by atoms with E-state index in [9.17, 15) is 14.4 Å². The molecule has 1 rings (SSSR count). The molecule has 0 unspecified atom stereocenters.